The minimum absolute atomic E-state index is 0. The fourth-order valence-corrected chi connectivity index (χ4v) is 6.29. The first-order valence-corrected chi connectivity index (χ1v) is 19.1. The van der Waals surface area contributed by atoms with Gasteiger partial charge in [0.1, 0.15) is 15.7 Å². The molecule has 2 aromatic carbocycles. The van der Waals surface area contributed by atoms with Gasteiger partial charge in [-0.25, -0.2) is 13.4 Å². The molecular weight excluding hydrogens is 825 g/mol. The Bertz CT molecular complexity index is 1500. The first kappa shape index (κ1) is 35.0. The minimum atomic E-state index is -3.99. The molecule has 0 aliphatic carbocycles. The van der Waals surface area contributed by atoms with E-state index >= 15 is 0 Å². The van der Waals surface area contributed by atoms with Crippen LogP contribution in [0.1, 0.15) is 32.2 Å². The molecule has 1 amide bonds. The second kappa shape index (κ2) is 15.7. The van der Waals surface area contributed by atoms with Crippen molar-refractivity contribution in [1.29, 1.82) is 0 Å². The molecule has 1 radical (unpaired) electrons. The van der Waals surface area contributed by atoms with Gasteiger partial charge in [-0.3, -0.25) is 4.79 Å². The summed E-state index contributed by atoms with van der Waals surface area (Å²) in [6, 6.07) is 17.2. The maximum atomic E-state index is 12.5. The van der Waals surface area contributed by atoms with E-state index in [1.165, 1.54) is 6.41 Å². The number of rotatable bonds is 8. The average molecular weight is 850 g/mol. The number of aldehydes is 1. The van der Waals surface area contributed by atoms with E-state index in [2.05, 4.69) is 42.2 Å². The molecule has 0 unspecified atom stereocenters. The molecule has 7 nitrogen and oxygen atoms in total. The molecule has 199 valence electrons. The number of carbonyl (C=O) groups excluding carboxylic acids is 2. The van der Waals surface area contributed by atoms with Gasteiger partial charge < -0.3 is 21.5 Å². The first-order valence-electron chi connectivity index (χ1n) is 10.6. The third-order valence-electron chi connectivity index (χ3n) is 5.56. The van der Waals surface area contributed by atoms with Crippen LogP contribution in [0.2, 0.25) is 0 Å². The van der Waals surface area contributed by atoms with Crippen LogP contribution < -0.4 is 4.72 Å². The average Bonchev–Trinajstić information content (AvgIpc) is 3.42. The summed E-state index contributed by atoms with van der Waals surface area (Å²) in [6.07, 6.45) is 2.08. The largest absolute Gasteiger partial charge is 0.519 e. The Kier molecular flexibility index (Phi) is 14.5. The first-order chi connectivity index (χ1) is 17.2. The summed E-state index contributed by atoms with van der Waals surface area (Å²) in [5.41, 5.74) is 5.23. The number of halogens is 2. The van der Waals surface area contributed by atoms with Crippen molar-refractivity contribution in [2.75, 3.05) is 0 Å². The topological polar surface area (TPSA) is 98.1 Å². The number of benzene rings is 2. The van der Waals surface area contributed by atoms with Crippen molar-refractivity contribution in [3.05, 3.63) is 89.4 Å². The van der Waals surface area contributed by atoms with Crippen LogP contribution in [0.5, 0.6) is 0 Å². The molecule has 0 saturated heterocycles. The van der Waals surface area contributed by atoms with Crippen molar-refractivity contribution >= 4 is 71.3 Å². The summed E-state index contributed by atoms with van der Waals surface area (Å²) < 4.78 is 28.7. The van der Waals surface area contributed by atoms with E-state index in [0.29, 0.717) is 29.3 Å². The summed E-state index contributed by atoms with van der Waals surface area (Å²) in [6.45, 7) is 6.00. The van der Waals surface area contributed by atoms with Crippen LogP contribution in [-0.2, 0) is 54.1 Å². The molecule has 2 aromatic heterocycles. The van der Waals surface area contributed by atoms with E-state index < -0.39 is 10.0 Å². The van der Waals surface area contributed by atoms with E-state index in [1.807, 2.05) is 73.9 Å². The quantitative estimate of drug-likeness (QED) is 0.0931. The van der Waals surface area contributed by atoms with E-state index in [9.17, 15) is 18.0 Å². The van der Waals surface area contributed by atoms with Crippen LogP contribution >= 0.6 is 48.6 Å². The van der Waals surface area contributed by atoms with Gasteiger partial charge in [0, 0.05) is 85.9 Å². The molecule has 0 fully saturated rings. The Morgan fingerprint density at radius 3 is 2.29 bits per heavy atom. The molecule has 0 aliphatic heterocycles. The Labute approximate surface area is 276 Å². The number of amides is 1. The predicted molar refractivity (Wildman–Crippen MR) is 167 cm³/mol. The van der Waals surface area contributed by atoms with Gasteiger partial charge in [0.25, 0.3) is 0 Å². The van der Waals surface area contributed by atoms with Crippen molar-refractivity contribution in [3.8, 4) is 22.5 Å². The summed E-state index contributed by atoms with van der Waals surface area (Å²) >= 11 is 5.34. The van der Waals surface area contributed by atoms with Crippen molar-refractivity contribution in [3.63, 3.8) is 0 Å². The van der Waals surface area contributed by atoms with Gasteiger partial charge in [0.05, 0.1) is 12.2 Å². The summed E-state index contributed by atoms with van der Waals surface area (Å²) in [4.78, 5) is 27.9. The molecule has 0 saturated carbocycles. The Morgan fingerprint density at radius 2 is 1.71 bits per heavy atom. The zero-order chi connectivity index (χ0) is 26.5. The molecule has 0 aliphatic rings. The number of sulfonamides is 1. The number of thiophene rings is 1. The molecule has 2 heterocycles. The standard InChI is InChI=1S/C25H22N3O4S2.CH3.I2.Y/c1-16-11-20(22-12-17(2)33-25(22)34(31,32)26-15-30)9-10-21(16)13-28-23(14-29)18(3)27-24(28)19-7-5-4-6-8-19;;1-2;/h4-12,14H,13H2,1-3H3,(H,26,30);1H3;;/q2*-1;;. The molecule has 0 bridgehead atoms. The fourth-order valence-electron chi connectivity index (χ4n) is 3.91. The minimum Gasteiger partial charge on any atom is -0.519 e. The van der Waals surface area contributed by atoms with Crippen LogP contribution in [0.25, 0.3) is 22.5 Å². The maximum Gasteiger partial charge on any atom is 0.244 e. The molecule has 38 heavy (non-hydrogen) atoms. The van der Waals surface area contributed by atoms with Gasteiger partial charge in [-0.1, -0.05) is 48.5 Å². The van der Waals surface area contributed by atoms with E-state index in [0.717, 1.165) is 44.8 Å². The van der Waals surface area contributed by atoms with Crippen molar-refractivity contribution in [2.45, 2.75) is 31.5 Å². The number of aryl methyl sites for hydroxylation is 3. The number of nitrogens with zero attached hydrogens (tertiary/aromatic N) is 2. The molecule has 0 atom stereocenters. The van der Waals surface area contributed by atoms with Crippen molar-refractivity contribution in [2.24, 2.45) is 0 Å². The van der Waals surface area contributed by atoms with E-state index in [-0.39, 0.29) is 44.3 Å². The van der Waals surface area contributed by atoms with Gasteiger partial charge in [0.15, 0.2) is 6.29 Å². The van der Waals surface area contributed by atoms with Gasteiger partial charge in [-0.2, -0.15) is 6.41 Å². The van der Waals surface area contributed by atoms with Crippen LogP contribution in [0.15, 0.2) is 58.8 Å². The van der Waals surface area contributed by atoms with Gasteiger partial charge >= 0.3 is 0 Å². The van der Waals surface area contributed by atoms with Crippen LogP contribution in [0, 0.1) is 28.2 Å². The number of nitrogens with one attached hydrogen (secondary N) is 1. The molecule has 1 N–H and O–H groups in total. The number of hydrogen-bond acceptors (Lipinski definition) is 6. The number of hydrogen-bond donors (Lipinski definition) is 1. The van der Waals surface area contributed by atoms with Gasteiger partial charge in [0.2, 0.25) is 10.0 Å². The SMILES string of the molecule is Cc1cc(-c2ccc(Cn3c(-c4ccccc4)nc(C)c3C=O)c(C)c2)c(S(=O)(=O)N[C-]=O)s1.II.[CH3-].[Y]. The Hall–Kier alpha value is -0.996. The predicted octanol–water partition coefficient (Wildman–Crippen LogP) is 6.63. The zero-order valence-electron chi connectivity index (χ0n) is 21.2. The molecule has 0 spiro atoms. The third kappa shape index (κ3) is 7.81. The van der Waals surface area contributed by atoms with Crippen molar-refractivity contribution in [1.82, 2.24) is 14.3 Å². The normalized spacial score (nSPS) is 10.3. The fraction of sp³-hybridized carbons (Fsp3) is 0.154. The summed E-state index contributed by atoms with van der Waals surface area (Å²) in [7, 11) is -3.99. The Balaban J connectivity index is 0.00000176. The van der Waals surface area contributed by atoms with Crippen LogP contribution in [0.3, 0.4) is 0 Å². The van der Waals surface area contributed by atoms with E-state index in [1.54, 1.807) is 10.8 Å². The Morgan fingerprint density at radius 1 is 1.05 bits per heavy atom. The van der Waals surface area contributed by atoms with Crippen LogP contribution in [-0.4, -0.2) is 30.7 Å². The molecule has 12 heteroatoms. The molecular formula is C26H25I2N3O4S2Y-2. The van der Waals surface area contributed by atoms with E-state index in [4.69, 9.17) is 0 Å². The molecule has 4 rings (SSSR count). The van der Waals surface area contributed by atoms with Gasteiger partial charge in [-0.05, 0) is 43.5 Å². The summed E-state index contributed by atoms with van der Waals surface area (Å²) in [5, 5.41) is 0. The van der Waals surface area contributed by atoms with Crippen LogP contribution in [0.4, 0.5) is 0 Å². The zero-order valence-corrected chi connectivity index (χ0v) is 29.9. The molecule has 4 aromatic rings. The maximum absolute atomic E-state index is 12.5. The number of aromatic nitrogens is 2. The number of carbonyl (C=O) groups is 1. The van der Waals surface area contributed by atoms with Crippen molar-refractivity contribution < 1.29 is 50.7 Å². The smallest absolute Gasteiger partial charge is 0.244 e. The van der Waals surface area contributed by atoms with Gasteiger partial charge in [-0.15, -0.1) is 11.3 Å². The monoisotopic (exact) mass is 850 g/mol. The summed E-state index contributed by atoms with van der Waals surface area (Å²) in [5.74, 6) is 0.710. The second-order valence-electron chi connectivity index (χ2n) is 7.88. The second-order valence-corrected chi connectivity index (χ2v) is 11.0. The third-order valence-corrected chi connectivity index (χ3v) is 8.37. The number of imidazole rings is 1.